The Bertz CT molecular complexity index is 470. The number of aromatic nitrogens is 2. The highest BCUT2D eigenvalue weighted by molar-refractivity contribution is 5.49. The smallest absolute Gasteiger partial charge is 0.158 e. The van der Waals surface area contributed by atoms with E-state index >= 15 is 0 Å². The zero-order valence-corrected chi connectivity index (χ0v) is 13.9. The molecule has 0 radical (unpaired) electrons. The molecule has 2 rings (SSSR count). The maximum absolute atomic E-state index is 5.44. The van der Waals surface area contributed by atoms with E-state index in [1.165, 1.54) is 6.42 Å². The van der Waals surface area contributed by atoms with Crippen molar-refractivity contribution >= 4 is 11.6 Å². The molecule has 1 aromatic rings. The molecular formula is C16H28N4O. The first kappa shape index (κ1) is 16.0. The van der Waals surface area contributed by atoms with Crippen LogP contribution in [-0.2, 0) is 11.3 Å². The van der Waals surface area contributed by atoms with Crippen molar-refractivity contribution < 1.29 is 4.74 Å². The average molecular weight is 292 g/mol. The first-order valence-corrected chi connectivity index (χ1v) is 7.82. The van der Waals surface area contributed by atoms with Gasteiger partial charge in [-0.05, 0) is 24.7 Å². The number of hydrogen-bond donors (Lipinski definition) is 1. The molecule has 1 N–H and O–H groups in total. The predicted molar refractivity (Wildman–Crippen MR) is 86.7 cm³/mol. The van der Waals surface area contributed by atoms with Gasteiger partial charge in [-0.15, -0.1) is 0 Å². The zero-order chi connectivity index (χ0) is 15.5. The summed E-state index contributed by atoms with van der Waals surface area (Å²) in [6.07, 6.45) is 1.23. The van der Waals surface area contributed by atoms with Crippen LogP contribution in [0, 0.1) is 11.3 Å². The monoisotopic (exact) mass is 292 g/mol. The van der Waals surface area contributed by atoms with Gasteiger partial charge < -0.3 is 15.0 Å². The quantitative estimate of drug-likeness (QED) is 0.904. The lowest BCUT2D eigenvalue weighted by atomic mass is 9.80. The first-order chi connectivity index (χ1) is 9.94. The fourth-order valence-electron chi connectivity index (χ4n) is 2.71. The predicted octanol–water partition coefficient (Wildman–Crippen LogP) is 2.93. The molecule has 0 bridgehead atoms. The minimum absolute atomic E-state index is 0.349. The molecule has 0 aliphatic carbocycles. The van der Waals surface area contributed by atoms with Crippen LogP contribution in [0.2, 0.25) is 0 Å². The normalized spacial score (nSPS) is 19.1. The minimum Gasteiger partial charge on any atom is -0.374 e. The van der Waals surface area contributed by atoms with Crippen molar-refractivity contribution in [1.29, 1.82) is 0 Å². The van der Waals surface area contributed by atoms with E-state index in [1.54, 1.807) is 0 Å². The van der Waals surface area contributed by atoms with Crippen LogP contribution in [0.1, 0.15) is 39.9 Å². The lowest BCUT2D eigenvalue weighted by Crippen LogP contribution is -2.26. The van der Waals surface area contributed by atoms with Crippen LogP contribution in [0.3, 0.4) is 0 Å². The standard InChI is InChI=1S/C16H28N4O/c1-6-21-11-14-18-13(17-5)9-15(19-14)20-8-7-12(10-20)16(2,3)4/h9,12H,6-8,10-11H2,1-5H3,(H,17,18,19). The minimum atomic E-state index is 0.349. The number of nitrogens with zero attached hydrogens (tertiary/aromatic N) is 3. The summed E-state index contributed by atoms with van der Waals surface area (Å²) >= 11 is 0. The summed E-state index contributed by atoms with van der Waals surface area (Å²) in [5, 5.41) is 3.12. The summed E-state index contributed by atoms with van der Waals surface area (Å²) in [5.41, 5.74) is 0.349. The van der Waals surface area contributed by atoms with Gasteiger partial charge in [-0.2, -0.15) is 0 Å². The Balaban J connectivity index is 2.15. The molecule has 1 aromatic heterocycles. The molecule has 2 heterocycles. The van der Waals surface area contributed by atoms with Crippen LogP contribution in [0.4, 0.5) is 11.6 Å². The fraction of sp³-hybridized carbons (Fsp3) is 0.750. The largest absolute Gasteiger partial charge is 0.374 e. The molecule has 1 aliphatic rings. The van der Waals surface area contributed by atoms with Gasteiger partial charge in [-0.1, -0.05) is 20.8 Å². The van der Waals surface area contributed by atoms with Gasteiger partial charge in [-0.25, -0.2) is 9.97 Å². The highest BCUT2D eigenvalue weighted by atomic mass is 16.5. The number of rotatable bonds is 5. The molecule has 5 heteroatoms. The summed E-state index contributed by atoms with van der Waals surface area (Å²) in [7, 11) is 1.89. The average Bonchev–Trinajstić information content (AvgIpc) is 2.94. The van der Waals surface area contributed by atoms with E-state index in [-0.39, 0.29) is 0 Å². The van der Waals surface area contributed by atoms with Crippen molar-refractivity contribution in [3.8, 4) is 0 Å². The molecule has 1 atom stereocenters. The van der Waals surface area contributed by atoms with Gasteiger partial charge in [0.1, 0.15) is 18.2 Å². The molecule has 1 aliphatic heterocycles. The van der Waals surface area contributed by atoms with Crippen molar-refractivity contribution in [1.82, 2.24) is 9.97 Å². The third-order valence-corrected chi connectivity index (χ3v) is 4.19. The van der Waals surface area contributed by atoms with Gasteiger partial charge in [0.05, 0.1) is 0 Å². The summed E-state index contributed by atoms with van der Waals surface area (Å²) < 4.78 is 5.44. The van der Waals surface area contributed by atoms with Crippen LogP contribution in [0.5, 0.6) is 0 Å². The van der Waals surface area contributed by atoms with Gasteiger partial charge in [0, 0.05) is 32.8 Å². The van der Waals surface area contributed by atoms with E-state index in [9.17, 15) is 0 Å². The van der Waals surface area contributed by atoms with Gasteiger partial charge in [0.15, 0.2) is 5.82 Å². The number of anilines is 2. The topological polar surface area (TPSA) is 50.3 Å². The summed E-state index contributed by atoms with van der Waals surface area (Å²) in [6, 6.07) is 2.03. The van der Waals surface area contributed by atoms with Gasteiger partial charge >= 0.3 is 0 Å². The first-order valence-electron chi connectivity index (χ1n) is 7.82. The maximum atomic E-state index is 5.44. The number of ether oxygens (including phenoxy) is 1. The fourth-order valence-corrected chi connectivity index (χ4v) is 2.71. The van der Waals surface area contributed by atoms with E-state index in [0.29, 0.717) is 24.5 Å². The van der Waals surface area contributed by atoms with Crippen LogP contribution in [0.15, 0.2) is 6.07 Å². The summed E-state index contributed by atoms with van der Waals surface area (Å²) in [5.74, 6) is 3.32. The highest BCUT2D eigenvalue weighted by Gasteiger charge is 2.32. The Kier molecular flexibility index (Phi) is 5.04. The number of hydrogen-bond acceptors (Lipinski definition) is 5. The maximum Gasteiger partial charge on any atom is 0.158 e. The van der Waals surface area contributed by atoms with Crippen molar-refractivity contribution in [2.75, 3.05) is 37.0 Å². The molecule has 21 heavy (non-hydrogen) atoms. The van der Waals surface area contributed by atoms with E-state index in [4.69, 9.17) is 4.74 Å². The second-order valence-corrected chi connectivity index (χ2v) is 6.71. The van der Waals surface area contributed by atoms with Crippen LogP contribution in [-0.4, -0.2) is 36.7 Å². The van der Waals surface area contributed by atoms with Crippen LogP contribution in [0.25, 0.3) is 0 Å². The van der Waals surface area contributed by atoms with E-state index in [1.807, 2.05) is 20.0 Å². The van der Waals surface area contributed by atoms with E-state index in [0.717, 1.165) is 30.5 Å². The van der Waals surface area contributed by atoms with E-state index in [2.05, 4.69) is 41.0 Å². The Morgan fingerprint density at radius 3 is 2.71 bits per heavy atom. The van der Waals surface area contributed by atoms with Gasteiger partial charge in [0.2, 0.25) is 0 Å². The third kappa shape index (κ3) is 4.06. The second kappa shape index (κ2) is 6.60. The SMILES string of the molecule is CCOCc1nc(NC)cc(N2CCC(C(C)(C)C)C2)n1. The Morgan fingerprint density at radius 1 is 1.38 bits per heavy atom. The van der Waals surface area contributed by atoms with Crippen molar-refractivity contribution in [2.24, 2.45) is 11.3 Å². The van der Waals surface area contributed by atoms with Crippen molar-refractivity contribution in [2.45, 2.75) is 40.7 Å². The molecular weight excluding hydrogens is 264 g/mol. The van der Waals surface area contributed by atoms with Crippen LogP contribution >= 0.6 is 0 Å². The van der Waals surface area contributed by atoms with Crippen LogP contribution < -0.4 is 10.2 Å². The van der Waals surface area contributed by atoms with Crippen molar-refractivity contribution in [3.63, 3.8) is 0 Å². The molecule has 0 amide bonds. The molecule has 1 unspecified atom stereocenters. The third-order valence-electron chi connectivity index (χ3n) is 4.19. The molecule has 1 saturated heterocycles. The summed E-state index contributed by atoms with van der Waals surface area (Å²) in [6.45, 7) is 12.2. The highest BCUT2D eigenvalue weighted by Crippen LogP contribution is 2.35. The zero-order valence-electron chi connectivity index (χ0n) is 13.9. The van der Waals surface area contributed by atoms with Crippen molar-refractivity contribution in [3.05, 3.63) is 11.9 Å². The summed E-state index contributed by atoms with van der Waals surface area (Å²) in [4.78, 5) is 11.5. The molecule has 1 fully saturated rings. The van der Waals surface area contributed by atoms with Gasteiger partial charge in [-0.3, -0.25) is 0 Å². The lowest BCUT2D eigenvalue weighted by molar-refractivity contribution is 0.128. The lowest BCUT2D eigenvalue weighted by Gasteiger charge is -2.27. The van der Waals surface area contributed by atoms with Gasteiger partial charge in [0.25, 0.3) is 0 Å². The number of nitrogens with one attached hydrogen (secondary N) is 1. The Labute approximate surface area is 128 Å². The molecule has 5 nitrogen and oxygen atoms in total. The second-order valence-electron chi connectivity index (χ2n) is 6.71. The Hall–Kier alpha value is -1.36. The molecule has 0 aromatic carbocycles. The Morgan fingerprint density at radius 2 is 2.14 bits per heavy atom. The molecule has 0 saturated carbocycles. The van der Waals surface area contributed by atoms with E-state index < -0.39 is 0 Å². The molecule has 118 valence electrons. The molecule has 0 spiro atoms.